The first-order valence-electron chi connectivity index (χ1n) is 9.03. The van der Waals surface area contributed by atoms with Crippen molar-refractivity contribution in [2.45, 2.75) is 6.10 Å². The van der Waals surface area contributed by atoms with Gasteiger partial charge in [0.2, 0.25) is 0 Å². The average Bonchev–Trinajstić information content (AvgIpc) is 3.50. The molecule has 1 atom stereocenters. The zero-order chi connectivity index (χ0) is 25.3. The summed E-state index contributed by atoms with van der Waals surface area (Å²) in [7, 11) is 0. The summed E-state index contributed by atoms with van der Waals surface area (Å²) in [6, 6.07) is 8.84. The topological polar surface area (TPSA) is 63.1 Å². The number of carbonyl (C=O) groups is 1. The molecule has 0 bridgehead atoms. The van der Waals surface area contributed by atoms with Crippen LogP contribution in [-0.4, -0.2) is 43.2 Å². The van der Waals surface area contributed by atoms with E-state index in [0.717, 1.165) is 24.6 Å². The Labute approximate surface area is 269 Å². The first-order valence-corrected chi connectivity index (χ1v) is 12.9. The normalized spacial score (nSPS) is 10.1. The van der Waals surface area contributed by atoms with Crippen molar-refractivity contribution in [3.05, 3.63) is 83.5 Å². The van der Waals surface area contributed by atoms with Crippen LogP contribution in [0, 0.1) is 44.0 Å². The van der Waals surface area contributed by atoms with Gasteiger partial charge in [-0.05, 0) is 105 Å². The zero-order valence-electron chi connectivity index (χ0n) is 18.1. The fraction of sp³-hybridized carbons (Fsp3) is 0.0417. The van der Waals surface area contributed by atoms with Gasteiger partial charge in [0.05, 0.1) is 17.0 Å². The molecule has 4 nitrogen and oxygen atoms in total. The Morgan fingerprint density at radius 1 is 0.972 bits per heavy atom. The predicted octanol–water partition coefficient (Wildman–Crippen LogP) is 3.42. The van der Waals surface area contributed by atoms with E-state index in [1.54, 1.807) is 22.9 Å². The number of halogens is 5. The molecule has 0 saturated heterocycles. The minimum atomic E-state index is -0.982. The molecule has 0 aliphatic heterocycles. The van der Waals surface area contributed by atoms with Crippen LogP contribution in [0.1, 0.15) is 22.0 Å². The summed E-state index contributed by atoms with van der Waals surface area (Å²) >= 11 is 6.49. The number of rotatable bonds is 4. The second-order valence-corrected chi connectivity index (χ2v) is 9.75. The van der Waals surface area contributed by atoms with Crippen LogP contribution in [0.25, 0.3) is 22.5 Å². The molecule has 0 amide bonds. The fourth-order valence-electron chi connectivity index (χ4n) is 2.63. The van der Waals surface area contributed by atoms with Gasteiger partial charge in [-0.1, -0.05) is 5.92 Å². The number of terminal acetylenes is 2. The number of aromatic nitrogens is 2. The van der Waals surface area contributed by atoms with Crippen LogP contribution < -0.4 is 17.0 Å². The molecule has 180 valence electrons. The molecule has 1 unspecified atom stereocenters. The number of hydrogen-bond donors (Lipinski definition) is 1. The number of benzene rings is 2. The minimum Gasteiger partial charge on any atom is -1.00 e. The molecule has 2 heterocycles. The maximum atomic E-state index is 13.0. The number of aliphatic hydroxyl groups is 1. The Balaban J connectivity index is 0.000000609. The van der Waals surface area contributed by atoms with Crippen LogP contribution in [0.4, 0.5) is 8.78 Å². The second-order valence-electron chi connectivity index (χ2n) is 6.17. The first-order chi connectivity index (χ1) is 16.3. The zero-order valence-corrected chi connectivity index (χ0v) is 27.0. The van der Waals surface area contributed by atoms with Crippen molar-refractivity contribution in [1.82, 2.24) is 8.75 Å². The summed E-state index contributed by atoms with van der Waals surface area (Å²) in [6.07, 6.45) is 14.0. The summed E-state index contributed by atoms with van der Waals surface area (Å²) in [5.74, 6) is 1.67. The molecule has 4 rings (SSSR count). The molecule has 2 aromatic carbocycles. The average molecular weight is 822 g/mol. The van der Waals surface area contributed by atoms with E-state index in [2.05, 4.69) is 21.1 Å². The number of nitrogens with zero attached hydrogens (tertiary/aromatic N) is 2. The Morgan fingerprint density at radius 3 is 1.92 bits per heavy atom. The van der Waals surface area contributed by atoms with Crippen LogP contribution in [0.5, 0.6) is 0 Å². The Morgan fingerprint density at radius 2 is 1.44 bits per heavy atom. The standard InChI is InChI=1S/C12H7FINOS.C10H5FINOS.C2H.BrH.Mg/c1-2-11(16)9-6-17-15-12(9)8-4-3-7(13)5-10(8)14;11-7-1-2-8(9(12)3-7)10-6(4-14)5-15-13-10;1-2;;/h1,3-6,11,16H;1-5H;1H;1H;/q;;-1;;+2/p-1. The van der Waals surface area contributed by atoms with Crippen LogP contribution in [0.3, 0.4) is 0 Å². The van der Waals surface area contributed by atoms with E-state index in [1.165, 1.54) is 47.3 Å². The van der Waals surface area contributed by atoms with Crippen molar-refractivity contribution in [3.8, 4) is 41.3 Å². The molecule has 0 spiro atoms. The van der Waals surface area contributed by atoms with Gasteiger partial charge in [0.15, 0.2) is 6.29 Å². The van der Waals surface area contributed by atoms with Gasteiger partial charge in [0.1, 0.15) is 17.7 Å². The van der Waals surface area contributed by atoms with Crippen LogP contribution >= 0.6 is 68.2 Å². The number of carbonyl (C=O) groups excluding carboxylic acids is 1. The molecular weight excluding hydrogens is 808 g/mol. The van der Waals surface area contributed by atoms with E-state index in [-0.39, 0.29) is 51.7 Å². The molecule has 2 aromatic heterocycles. The number of aldehydes is 1. The van der Waals surface area contributed by atoms with Gasteiger partial charge >= 0.3 is 23.1 Å². The van der Waals surface area contributed by atoms with E-state index in [1.807, 2.05) is 45.2 Å². The molecule has 0 aliphatic carbocycles. The molecule has 4 aromatic rings. The molecule has 0 aliphatic rings. The van der Waals surface area contributed by atoms with E-state index >= 15 is 0 Å². The van der Waals surface area contributed by atoms with Gasteiger partial charge in [0.25, 0.3) is 0 Å². The quantitative estimate of drug-likeness (QED) is 0.113. The number of aliphatic hydroxyl groups excluding tert-OH is 1. The molecular formula is C24H13BrF2I2MgN2O2S2. The van der Waals surface area contributed by atoms with Gasteiger partial charge < -0.3 is 34.9 Å². The van der Waals surface area contributed by atoms with E-state index in [9.17, 15) is 18.7 Å². The maximum absolute atomic E-state index is 13.0. The van der Waals surface area contributed by atoms with Gasteiger partial charge in [0, 0.05) is 34.6 Å². The third-order valence-electron chi connectivity index (χ3n) is 4.15. The molecule has 0 fully saturated rings. The molecule has 0 saturated carbocycles. The molecule has 12 heteroatoms. The summed E-state index contributed by atoms with van der Waals surface area (Å²) in [6.45, 7) is 0. The third kappa shape index (κ3) is 9.09. The Hall–Kier alpha value is -0.984. The van der Waals surface area contributed by atoms with Gasteiger partial charge in [-0.15, -0.1) is 6.42 Å². The molecule has 0 radical (unpaired) electrons. The van der Waals surface area contributed by atoms with Crippen molar-refractivity contribution in [1.29, 1.82) is 0 Å². The minimum absolute atomic E-state index is 0. The van der Waals surface area contributed by atoms with Gasteiger partial charge in [-0.3, -0.25) is 4.79 Å². The Bertz CT molecular complexity index is 1360. The van der Waals surface area contributed by atoms with Crippen molar-refractivity contribution in [2.75, 3.05) is 0 Å². The first kappa shape index (κ1) is 35.0. The van der Waals surface area contributed by atoms with E-state index in [0.29, 0.717) is 22.5 Å². The summed E-state index contributed by atoms with van der Waals surface area (Å²) in [5, 5.41) is 13.0. The smallest absolute Gasteiger partial charge is 1.00 e. The second kappa shape index (κ2) is 17.5. The monoisotopic (exact) mass is 820 g/mol. The largest absolute Gasteiger partial charge is 2.00 e. The van der Waals surface area contributed by atoms with E-state index in [4.69, 9.17) is 12.8 Å². The third-order valence-corrected chi connectivity index (χ3v) is 7.23. The SMILES string of the molecule is C#CC(O)c1csnc1-c1ccc(F)cc1I.O=Cc1csnc1-c1ccc(F)cc1I.[Br-].[C-]#C.[Mg+2]. The van der Waals surface area contributed by atoms with Crippen LogP contribution in [0.2, 0.25) is 0 Å². The summed E-state index contributed by atoms with van der Waals surface area (Å²) in [4.78, 5) is 10.7. The summed E-state index contributed by atoms with van der Waals surface area (Å²) < 4.78 is 35.7. The fourth-order valence-corrected chi connectivity index (χ4v) is 5.45. The predicted molar refractivity (Wildman–Crippen MR) is 154 cm³/mol. The van der Waals surface area contributed by atoms with Crippen molar-refractivity contribution < 1.29 is 35.7 Å². The van der Waals surface area contributed by atoms with Gasteiger partial charge in [-0.25, -0.2) is 8.78 Å². The van der Waals surface area contributed by atoms with Crippen molar-refractivity contribution >= 4 is 97.6 Å². The molecule has 36 heavy (non-hydrogen) atoms. The maximum Gasteiger partial charge on any atom is 2.00 e. The van der Waals surface area contributed by atoms with Crippen LogP contribution in [-0.2, 0) is 0 Å². The number of hydrogen-bond acceptors (Lipinski definition) is 6. The van der Waals surface area contributed by atoms with Gasteiger partial charge in [-0.2, -0.15) is 8.75 Å². The molecule has 1 N–H and O–H groups in total. The Kier molecular flexibility index (Phi) is 17.0. The van der Waals surface area contributed by atoms with E-state index < -0.39 is 6.10 Å². The summed E-state index contributed by atoms with van der Waals surface area (Å²) in [5.41, 5.74) is 3.94. The van der Waals surface area contributed by atoms with Crippen molar-refractivity contribution in [2.24, 2.45) is 0 Å². The van der Waals surface area contributed by atoms with Crippen LogP contribution in [0.15, 0.2) is 47.2 Å². The van der Waals surface area contributed by atoms with Crippen molar-refractivity contribution in [3.63, 3.8) is 0 Å².